The van der Waals surface area contributed by atoms with Gasteiger partial charge in [-0.05, 0) is 38.5 Å². The van der Waals surface area contributed by atoms with Crippen LogP contribution in [0.5, 0.6) is 0 Å². The summed E-state index contributed by atoms with van der Waals surface area (Å²) < 4.78 is 2.02. The number of nitrogens with zero attached hydrogens (tertiary/aromatic N) is 2. The number of imidazole rings is 1. The van der Waals surface area contributed by atoms with Gasteiger partial charge in [0.1, 0.15) is 5.82 Å². The molecule has 1 aromatic heterocycles. The van der Waals surface area contributed by atoms with Crippen molar-refractivity contribution in [1.82, 2.24) is 14.9 Å². The Morgan fingerprint density at radius 1 is 1.56 bits per heavy atom. The van der Waals surface area contributed by atoms with Crippen LogP contribution in [0.25, 0.3) is 0 Å². The fourth-order valence-electron chi connectivity index (χ4n) is 2.71. The Morgan fingerprint density at radius 3 is 2.78 bits per heavy atom. The molecule has 1 atom stereocenters. The van der Waals surface area contributed by atoms with Crippen molar-refractivity contribution in [2.45, 2.75) is 51.2 Å². The smallest absolute Gasteiger partial charge is 0.125 e. The lowest BCUT2D eigenvalue weighted by Crippen LogP contribution is -2.44. The van der Waals surface area contributed by atoms with E-state index in [4.69, 9.17) is 0 Å². The van der Waals surface area contributed by atoms with Crippen molar-refractivity contribution in [3.05, 3.63) is 18.2 Å². The first-order valence-corrected chi connectivity index (χ1v) is 6.93. The maximum Gasteiger partial charge on any atom is 0.125 e. The minimum atomic E-state index is -0.522. The van der Waals surface area contributed by atoms with Crippen LogP contribution in [-0.2, 0) is 7.05 Å². The van der Waals surface area contributed by atoms with Gasteiger partial charge in [-0.1, -0.05) is 6.92 Å². The lowest BCUT2D eigenvalue weighted by molar-refractivity contribution is -0.00805. The number of hydrogen-bond donors (Lipinski definition) is 2. The third-order valence-electron chi connectivity index (χ3n) is 4.19. The molecular weight excluding hydrogens is 226 g/mol. The number of aliphatic hydroxyl groups is 1. The van der Waals surface area contributed by atoms with Gasteiger partial charge in [0, 0.05) is 26.0 Å². The molecule has 1 heterocycles. The Balaban J connectivity index is 1.86. The van der Waals surface area contributed by atoms with E-state index in [2.05, 4.69) is 24.1 Å². The summed E-state index contributed by atoms with van der Waals surface area (Å²) in [7, 11) is 2.00. The maximum atomic E-state index is 10.5. The molecule has 4 heteroatoms. The highest BCUT2D eigenvalue weighted by Gasteiger charge is 2.32. The Morgan fingerprint density at radius 2 is 2.22 bits per heavy atom. The first-order chi connectivity index (χ1) is 8.50. The zero-order valence-electron chi connectivity index (χ0n) is 11.7. The van der Waals surface area contributed by atoms with Gasteiger partial charge in [0.05, 0.1) is 11.6 Å². The molecule has 1 aliphatic rings. The van der Waals surface area contributed by atoms with Crippen LogP contribution >= 0.6 is 0 Å². The van der Waals surface area contributed by atoms with Crippen LogP contribution in [0.1, 0.15) is 51.4 Å². The summed E-state index contributed by atoms with van der Waals surface area (Å²) in [4.78, 5) is 4.33. The van der Waals surface area contributed by atoms with Gasteiger partial charge in [0.25, 0.3) is 0 Å². The molecular formula is C14H25N3O. The highest BCUT2D eigenvalue weighted by Crippen LogP contribution is 2.31. The molecule has 0 spiro atoms. The quantitative estimate of drug-likeness (QED) is 0.860. The zero-order valence-corrected chi connectivity index (χ0v) is 11.7. The SMILES string of the molecule is CC1CCC(O)(CNC(C)c2nccn2C)CC1. The van der Waals surface area contributed by atoms with E-state index in [1.54, 1.807) is 0 Å². The van der Waals surface area contributed by atoms with E-state index < -0.39 is 5.60 Å². The summed E-state index contributed by atoms with van der Waals surface area (Å²) >= 11 is 0. The predicted octanol–water partition coefficient (Wildman–Crippen LogP) is 2.01. The van der Waals surface area contributed by atoms with Crippen molar-refractivity contribution in [3.8, 4) is 0 Å². The molecule has 102 valence electrons. The molecule has 2 rings (SSSR count). The molecule has 1 fully saturated rings. The summed E-state index contributed by atoms with van der Waals surface area (Å²) in [5, 5.41) is 13.9. The van der Waals surface area contributed by atoms with Gasteiger partial charge < -0.3 is 15.0 Å². The molecule has 0 aromatic carbocycles. The lowest BCUT2D eigenvalue weighted by Gasteiger charge is -2.35. The first-order valence-electron chi connectivity index (χ1n) is 6.93. The number of aryl methyl sites for hydroxylation is 1. The molecule has 1 unspecified atom stereocenters. The van der Waals surface area contributed by atoms with E-state index in [1.807, 2.05) is 24.0 Å². The maximum absolute atomic E-state index is 10.5. The van der Waals surface area contributed by atoms with Crippen LogP contribution in [0.4, 0.5) is 0 Å². The average Bonchev–Trinajstić information content (AvgIpc) is 2.77. The first kappa shape index (κ1) is 13.6. The topological polar surface area (TPSA) is 50.1 Å². The van der Waals surface area contributed by atoms with Crippen LogP contribution in [-0.4, -0.2) is 26.8 Å². The second kappa shape index (κ2) is 5.41. The minimum Gasteiger partial charge on any atom is -0.389 e. The van der Waals surface area contributed by atoms with E-state index in [0.717, 1.165) is 37.4 Å². The molecule has 18 heavy (non-hydrogen) atoms. The van der Waals surface area contributed by atoms with Crippen molar-refractivity contribution in [1.29, 1.82) is 0 Å². The molecule has 1 saturated carbocycles. The molecule has 1 aliphatic carbocycles. The molecule has 0 amide bonds. The third kappa shape index (κ3) is 3.12. The molecule has 0 radical (unpaired) electrons. The standard InChI is InChI=1S/C14H25N3O/c1-11-4-6-14(18,7-5-11)10-16-12(2)13-15-8-9-17(13)3/h8-9,11-12,16,18H,4-7,10H2,1-3H3. The highest BCUT2D eigenvalue weighted by atomic mass is 16.3. The Hall–Kier alpha value is -0.870. The number of nitrogens with one attached hydrogen (secondary N) is 1. The highest BCUT2D eigenvalue weighted by molar-refractivity contribution is 4.98. The van der Waals surface area contributed by atoms with Crippen molar-refractivity contribution >= 4 is 0 Å². The zero-order chi connectivity index (χ0) is 13.2. The molecule has 0 bridgehead atoms. The average molecular weight is 251 g/mol. The summed E-state index contributed by atoms with van der Waals surface area (Å²) in [5.41, 5.74) is -0.522. The van der Waals surface area contributed by atoms with Gasteiger partial charge in [-0.2, -0.15) is 0 Å². The van der Waals surface area contributed by atoms with E-state index in [1.165, 1.54) is 0 Å². The van der Waals surface area contributed by atoms with Crippen molar-refractivity contribution in [2.24, 2.45) is 13.0 Å². The second-order valence-electron chi connectivity index (χ2n) is 5.91. The number of hydrogen-bond acceptors (Lipinski definition) is 3. The molecule has 4 nitrogen and oxygen atoms in total. The largest absolute Gasteiger partial charge is 0.389 e. The third-order valence-corrected chi connectivity index (χ3v) is 4.19. The Bertz CT molecular complexity index is 380. The molecule has 2 N–H and O–H groups in total. The van der Waals surface area contributed by atoms with Gasteiger partial charge >= 0.3 is 0 Å². The van der Waals surface area contributed by atoms with Gasteiger partial charge in [0.15, 0.2) is 0 Å². The van der Waals surface area contributed by atoms with Gasteiger partial charge in [-0.15, -0.1) is 0 Å². The fourth-order valence-corrected chi connectivity index (χ4v) is 2.71. The second-order valence-corrected chi connectivity index (χ2v) is 5.91. The normalized spacial score (nSPS) is 30.3. The molecule has 0 aliphatic heterocycles. The number of aromatic nitrogens is 2. The molecule has 0 saturated heterocycles. The van der Waals surface area contributed by atoms with E-state index >= 15 is 0 Å². The fraction of sp³-hybridized carbons (Fsp3) is 0.786. The van der Waals surface area contributed by atoms with Crippen molar-refractivity contribution in [3.63, 3.8) is 0 Å². The van der Waals surface area contributed by atoms with Crippen LogP contribution in [0, 0.1) is 5.92 Å². The summed E-state index contributed by atoms with van der Waals surface area (Å²) in [5.74, 6) is 1.78. The Kier molecular flexibility index (Phi) is 4.07. The van der Waals surface area contributed by atoms with E-state index in [0.29, 0.717) is 6.54 Å². The monoisotopic (exact) mass is 251 g/mol. The number of rotatable bonds is 4. The molecule has 1 aromatic rings. The van der Waals surface area contributed by atoms with Crippen LogP contribution in [0.15, 0.2) is 12.4 Å². The van der Waals surface area contributed by atoms with Gasteiger partial charge in [-0.25, -0.2) is 4.98 Å². The minimum absolute atomic E-state index is 0.174. The predicted molar refractivity (Wildman–Crippen MR) is 72.2 cm³/mol. The van der Waals surface area contributed by atoms with Crippen molar-refractivity contribution in [2.75, 3.05) is 6.54 Å². The lowest BCUT2D eigenvalue weighted by atomic mass is 9.79. The van der Waals surface area contributed by atoms with Gasteiger partial charge in [0.2, 0.25) is 0 Å². The van der Waals surface area contributed by atoms with E-state index in [-0.39, 0.29) is 6.04 Å². The summed E-state index contributed by atoms with van der Waals surface area (Å²) in [6.45, 7) is 5.02. The van der Waals surface area contributed by atoms with Crippen LogP contribution in [0.2, 0.25) is 0 Å². The Labute approximate surface area is 109 Å². The van der Waals surface area contributed by atoms with Crippen LogP contribution < -0.4 is 5.32 Å². The van der Waals surface area contributed by atoms with Crippen LogP contribution in [0.3, 0.4) is 0 Å². The van der Waals surface area contributed by atoms with Gasteiger partial charge in [-0.3, -0.25) is 0 Å². The summed E-state index contributed by atoms with van der Waals surface area (Å²) in [6, 6.07) is 0.174. The van der Waals surface area contributed by atoms with E-state index in [9.17, 15) is 5.11 Å². The summed E-state index contributed by atoms with van der Waals surface area (Å²) in [6.07, 6.45) is 7.85. The van der Waals surface area contributed by atoms with Crippen molar-refractivity contribution < 1.29 is 5.11 Å².